The molecule has 1 aliphatic carbocycles. The molecule has 2 atom stereocenters. The van der Waals surface area contributed by atoms with Gasteiger partial charge in [-0.1, -0.05) is 13.8 Å². The van der Waals surface area contributed by atoms with Gasteiger partial charge < -0.3 is 4.40 Å². The third-order valence-corrected chi connectivity index (χ3v) is 3.83. The standard InChI is InChI=1S/C13H15FN2/c1-8-3-5-11-13(9(8)2)15-12-6-4-10(14)7-16(11)12/h4,6-9H,3,5H2,1-2H3. The minimum Gasteiger partial charge on any atom is -0.301 e. The Morgan fingerprint density at radius 1 is 1.38 bits per heavy atom. The summed E-state index contributed by atoms with van der Waals surface area (Å²) in [5.41, 5.74) is 3.22. The van der Waals surface area contributed by atoms with E-state index in [2.05, 4.69) is 18.8 Å². The fourth-order valence-corrected chi connectivity index (χ4v) is 2.58. The lowest BCUT2D eigenvalue weighted by molar-refractivity contribution is 0.415. The first-order chi connectivity index (χ1) is 7.66. The van der Waals surface area contributed by atoms with Crippen molar-refractivity contribution in [2.45, 2.75) is 32.6 Å². The highest BCUT2D eigenvalue weighted by molar-refractivity contribution is 5.45. The van der Waals surface area contributed by atoms with Gasteiger partial charge in [-0.2, -0.15) is 0 Å². The van der Waals surface area contributed by atoms with E-state index in [0.717, 1.165) is 17.8 Å². The van der Waals surface area contributed by atoms with E-state index in [9.17, 15) is 4.39 Å². The summed E-state index contributed by atoms with van der Waals surface area (Å²) in [6.45, 7) is 4.48. The SMILES string of the molecule is CC1CCc2c(nc3ccc(F)cn23)C1C. The van der Waals surface area contributed by atoms with Gasteiger partial charge in [-0.15, -0.1) is 0 Å². The average molecular weight is 218 g/mol. The molecule has 84 valence electrons. The van der Waals surface area contributed by atoms with Crippen molar-refractivity contribution in [1.82, 2.24) is 9.38 Å². The number of fused-ring (bicyclic) bond motifs is 3. The molecular formula is C13H15FN2. The summed E-state index contributed by atoms with van der Waals surface area (Å²) in [5.74, 6) is 0.952. The van der Waals surface area contributed by atoms with Crippen LogP contribution >= 0.6 is 0 Å². The van der Waals surface area contributed by atoms with Crippen LogP contribution in [-0.2, 0) is 6.42 Å². The molecule has 3 rings (SSSR count). The fraction of sp³-hybridized carbons (Fsp3) is 0.462. The van der Waals surface area contributed by atoms with Crippen LogP contribution in [0.4, 0.5) is 4.39 Å². The van der Waals surface area contributed by atoms with Crippen LogP contribution in [0.5, 0.6) is 0 Å². The van der Waals surface area contributed by atoms with Crippen LogP contribution < -0.4 is 0 Å². The van der Waals surface area contributed by atoms with Crippen molar-refractivity contribution >= 4 is 5.65 Å². The molecule has 0 aromatic carbocycles. The summed E-state index contributed by atoms with van der Waals surface area (Å²) in [6, 6.07) is 3.23. The van der Waals surface area contributed by atoms with E-state index >= 15 is 0 Å². The Morgan fingerprint density at radius 3 is 3.00 bits per heavy atom. The van der Waals surface area contributed by atoms with Gasteiger partial charge in [-0.05, 0) is 30.9 Å². The van der Waals surface area contributed by atoms with E-state index in [4.69, 9.17) is 0 Å². The molecule has 2 aromatic rings. The third kappa shape index (κ3) is 1.27. The van der Waals surface area contributed by atoms with Crippen molar-refractivity contribution < 1.29 is 4.39 Å². The zero-order valence-corrected chi connectivity index (χ0v) is 9.57. The van der Waals surface area contributed by atoms with E-state index in [-0.39, 0.29) is 5.82 Å². The van der Waals surface area contributed by atoms with Crippen molar-refractivity contribution in [1.29, 1.82) is 0 Å². The number of hydrogen-bond acceptors (Lipinski definition) is 1. The quantitative estimate of drug-likeness (QED) is 0.664. The topological polar surface area (TPSA) is 17.3 Å². The summed E-state index contributed by atoms with van der Waals surface area (Å²) in [4.78, 5) is 4.62. The van der Waals surface area contributed by atoms with Crippen molar-refractivity contribution in [3.05, 3.63) is 35.5 Å². The van der Waals surface area contributed by atoms with Gasteiger partial charge in [0.1, 0.15) is 11.5 Å². The summed E-state index contributed by atoms with van der Waals surface area (Å²) in [6.07, 6.45) is 3.72. The van der Waals surface area contributed by atoms with Crippen molar-refractivity contribution in [3.63, 3.8) is 0 Å². The Balaban J connectivity index is 2.26. The van der Waals surface area contributed by atoms with Crippen LogP contribution in [-0.4, -0.2) is 9.38 Å². The molecule has 0 saturated carbocycles. The molecule has 0 spiro atoms. The number of rotatable bonds is 0. The van der Waals surface area contributed by atoms with E-state index < -0.39 is 0 Å². The highest BCUT2D eigenvalue weighted by Gasteiger charge is 2.27. The monoisotopic (exact) mass is 218 g/mol. The molecule has 1 aliphatic rings. The average Bonchev–Trinajstić information content (AvgIpc) is 2.62. The summed E-state index contributed by atoms with van der Waals surface area (Å²) < 4.78 is 15.1. The molecule has 0 radical (unpaired) electrons. The molecule has 2 unspecified atom stereocenters. The number of halogens is 1. The van der Waals surface area contributed by atoms with Crippen LogP contribution in [0.15, 0.2) is 18.3 Å². The number of nitrogens with zero attached hydrogens (tertiary/aromatic N) is 2. The third-order valence-electron chi connectivity index (χ3n) is 3.83. The first-order valence-electron chi connectivity index (χ1n) is 5.83. The summed E-state index contributed by atoms with van der Waals surface area (Å²) in [7, 11) is 0. The highest BCUT2D eigenvalue weighted by atomic mass is 19.1. The van der Waals surface area contributed by atoms with Gasteiger partial charge in [0, 0.05) is 17.8 Å². The molecule has 2 heterocycles. The Bertz CT molecular complexity index is 544. The van der Waals surface area contributed by atoms with Gasteiger partial charge in [-0.3, -0.25) is 0 Å². The van der Waals surface area contributed by atoms with Gasteiger partial charge >= 0.3 is 0 Å². The molecule has 0 bridgehead atoms. The normalized spacial score (nSPS) is 24.7. The molecule has 0 saturated heterocycles. The molecule has 2 nitrogen and oxygen atoms in total. The Labute approximate surface area is 94.1 Å². The first-order valence-corrected chi connectivity index (χ1v) is 5.83. The number of aryl methyl sites for hydroxylation is 1. The van der Waals surface area contributed by atoms with Crippen LogP contribution in [0, 0.1) is 11.7 Å². The largest absolute Gasteiger partial charge is 0.301 e. The zero-order chi connectivity index (χ0) is 11.3. The van der Waals surface area contributed by atoms with Crippen LogP contribution in [0.3, 0.4) is 0 Å². The van der Waals surface area contributed by atoms with Crippen molar-refractivity contribution in [2.75, 3.05) is 0 Å². The van der Waals surface area contributed by atoms with Gasteiger partial charge in [-0.25, -0.2) is 9.37 Å². The second kappa shape index (κ2) is 3.30. The Hall–Kier alpha value is -1.38. The second-order valence-corrected chi connectivity index (χ2v) is 4.82. The lowest BCUT2D eigenvalue weighted by atomic mass is 9.82. The van der Waals surface area contributed by atoms with E-state index in [1.54, 1.807) is 12.3 Å². The number of hydrogen-bond donors (Lipinski definition) is 0. The van der Waals surface area contributed by atoms with Crippen molar-refractivity contribution in [2.24, 2.45) is 5.92 Å². The van der Waals surface area contributed by atoms with E-state index in [1.807, 2.05) is 4.40 Å². The van der Waals surface area contributed by atoms with E-state index in [1.165, 1.54) is 18.2 Å². The number of aromatic nitrogens is 2. The van der Waals surface area contributed by atoms with Crippen LogP contribution in [0.2, 0.25) is 0 Å². The molecule has 16 heavy (non-hydrogen) atoms. The number of imidazole rings is 1. The minimum atomic E-state index is -0.195. The highest BCUT2D eigenvalue weighted by Crippen LogP contribution is 2.35. The molecular weight excluding hydrogens is 203 g/mol. The summed E-state index contributed by atoms with van der Waals surface area (Å²) in [5, 5.41) is 0. The maximum atomic E-state index is 13.2. The van der Waals surface area contributed by atoms with E-state index in [0.29, 0.717) is 11.8 Å². The number of pyridine rings is 1. The smallest absolute Gasteiger partial charge is 0.139 e. The molecule has 0 N–H and O–H groups in total. The van der Waals surface area contributed by atoms with Crippen LogP contribution in [0.25, 0.3) is 5.65 Å². The predicted molar refractivity (Wildman–Crippen MR) is 61.1 cm³/mol. The van der Waals surface area contributed by atoms with Crippen LogP contribution in [0.1, 0.15) is 37.6 Å². The van der Waals surface area contributed by atoms with Crippen molar-refractivity contribution in [3.8, 4) is 0 Å². The Morgan fingerprint density at radius 2 is 2.19 bits per heavy atom. The molecule has 3 heteroatoms. The van der Waals surface area contributed by atoms with Gasteiger partial charge in [0.15, 0.2) is 0 Å². The summed E-state index contributed by atoms with van der Waals surface area (Å²) >= 11 is 0. The lowest BCUT2D eigenvalue weighted by Gasteiger charge is -2.24. The minimum absolute atomic E-state index is 0.195. The van der Waals surface area contributed by atoms with Gasteiger partial charge in [0.25, 0.3) is 0 Å². The molecule has 0 fully saturated rings. The Kier molecular flexibility index (Phi) is 2.03. The molecule has 2 aromatic heterocycles. The molecule has 0 aliphatic heterocycles. The second-order valence-electron chi connectivity index (χ2n) is 4.82. The predicted octanol–water partition coefficient (Wildman–Crippen LogP) is 3.16. The fourth-order valence-electron chi connectivity index (χ4n) is 2.58. The maximum Gasteiger partial charge on any atom is 0.139 e. The van der Waals surface area contributed by atoms with Gasteiger partial charge in [0.05, 0.1) is 5.69 Å². The first kappa shape index (κ1) is 9.82. The zero-order valence-electron chi connectivity index (χ0n) is 9.57. The maximum absolute atomic E-state index is 13.2. The molecule has 0 amide bonds. The van der Waals surface area contributed by atoms with Gasteiger partial charge in [0.2, 0.25) is 0 Å². The lowest BCUT2D eigenvalue weighted by Crippen LogP contribution is -2.16.